The molecule has 19 heavy (non-hydrogen) atoms. The second-order valence-corrected chi connectivity index (χ2v) is 5.73. The van der Waals surface area contributed by atoms with Gasteiger partial charge in [0.15, 0.2) is 0 Å². The molecular weight excluding hydrogens is 383 g/mol. The van der Waals surface area contributed by atoms with Gasteiger partial charge in [0.2, 0.25) is 0 Å². The van der Waals surface area contributed by atoms with Crippen molar-refractivity contribution < 1.29 is 8.78 Å². The molecule has 0 heterocycles. The Hall–Kier alpha value is -0.720. The topological polar surface area (TPSA) is 26.0 Å². The van der Waals surface area contributed by atoms with Crippen molar-refractivity contribution >= 4 is 34.2 Å². The summed E-state index contributed by atoms with van der Waals surface area (Å²) in [7, 11) is 0. The molecule has 0 bridgehead atoms. The fourth-order valence-electron chi connectivity index (χ4n) is 1.86. The molecule has 0 saturated carbocycles. The van der Waals surface area contributed by atoms with Crippen molar-refractivity contribution in [2.45, 2.75) is 12.5 Å². The third-order valence-corrected chi connectivity index (χ3v) is 4.19. The molecular formula is C14H11ClF2IN. The summed E-state index contributed by atoms with van der Waals surface area (Å²) in [6.45, 7) is 0. The average molecular weight is 394 g/mol. The zero-order valence-electron chi connectivity index (χ0n) is 9.84. The van der Waals surface area contributed by atoms with E-state index in [0.29, 0.717) is 12.0 Å². The Bertz CT molecular complexity index is 604. The van der Waals surface area contributed by atoms with Crippen LogP contribution in [-0.4, -0.2) is 0 Å². The van der Waals surface area contributed by atoms with Crippen LogP contribution in [0.5, 0.6) is 0 Å². The van der Waals surface area contributed by atoms with Crippen LogP contribution in [-0.2, 0) is 6.42 Å². The average Bonchev–Trinajstić information content (AvgIpc) is 2.34. The molecule has 2 rings (SSSR count). The van der Waals surface area contributed by atoms with Gasteiger partial charge in [-0.3, -0.25) is 0 Å². The lowest BCUT2D eigenvalue weighted by Gasteiger charge is -2.15. The van der Waals surface area contributed by atoms with Crippen LogP contribution in [0.2, 0.25) is 5.02 Å². The highest BCUT2D eigenvalue weighted by molar-refractivity contribution is 14.1. The van der Waals surface area contributed by atoms with Crippen LogP contribution in [0.15, 0.2) is 36.4 Å². The van der Waals surface area contributed by atoms with Gasteiger partial charge in [-0.15, -0.1) is 0 Å². The van der Waals surface area contributed by atoms with Crippen LogP contribution >= 0.6 is 34.2 Å². The van der Waals surface area contributed by atoms with E-state index in [1.54, 1.807) is 18.2 Å². The molecule has 0 aliphatic rings. The number of hydrogen-bond donors (Lipinski definition) is 1. The third-order valence-electron chi connectivity index (χ3n) is 2.83. The smallest absolute Gasteiger partial charge is 0.142 e. The SMILES string of the molecule is NC(Cc1cccc(F)c1Cl)c1ccc(F)cc1I. The summed E-state index contributed by atoms with van der Waals surface area (Å²) in [5.41, 5.74) is 7.56. The lowest BCUT2D eigenvalue weighted by Crippen LogP contribution is -2.15. The molecule has 2 N–H and O–H groups in total. The van der Waals surface area contributed by atoms with E-state index in [9.17, 15) is 8.78 Å². The number of hydrogen-bond acceptors (Lipinski definition) is 1. The fraction of sp³-hybridized carbons (Fsp3) is 0.143. The molecule has 1 unspecified atom stereocenters. The normalized spacial score (nSPS) is 12.5. The Morgan fingerprint density at radius 1 is 1.21 bits per heavy atom. The van der Waals surface area contributed by atoms with Gasteiger partial charge < -0.3 is 5.73 Å². The predicted molar refractivity (Wildman–Crippen MR) is 81.2 cm³/mol. The molecule has 0 aliphatic heterocycles. The summed E-state index contributed by atoms with van der Waals surface area (Å²) in [5.74, 6) is -0.760. The number of benzene rings is 2. The summed E-state index contributed by atoms with van der Waals surface area (Å²) in [4.78, 5) is 0. The Kier molecular flexibility index (Phi) is 4.76. The van der Waals surface area contributed by atoms with E-state index in [2.05, 4.69) is 0 Å². The maximum atomic E-state index is 13.3. The Morgan fingerprint density at radius 2 is 1.95 bits per heavy atom. The van der Waals surface area contributed by atoms with Crippen molar-refractivity contribution in [2.75, 3.05) is 0 Å². The van der Waals surface area contributed by atoms with E-state index >= 15 is 0 Å². The number of rotatable bonds is 3. The molecule has 0 aliphatic carbocycles. The first kappa shape index (κ1) is 14.7. The van der Waals surface area contributed by atoms with Crippen LogP contribution in [0, 0.1) is 15.2 Å². The molecule has 5 heteroatoms. The molecule has 1 nitrogen and oxygen atoms in total. The molecule has 1 atom stereocenters. The van der Waals surface area contributed by atoms with Crippen molar-refractivity contribution in [1.29, 1.82) is 0 Å². The molecule has 2 aromatic rings. The molecule has 0 saturated heterocycles. The van der Waals surface area contributed by atoms with Gasteiger partial charge in [0.25, 0.3) is 0 Å². The Morgan fingerprint density at radius 3 is 2.63 bits per heavy atom. The third kappa shape index (κ3) is 3.43. The van der Waals surface area contributed by atoms with Gasteiger partial charge in [-0.05, 0) is 58.3 Å². The minimum absolute atomic E-state index is 0.0927. The highest BCUT2D eigenvalue weighted by atomic mass is 127. The molecule has 0 radical (unpaired) electrons. The number of nitrogens with two attached hydrogens (primary N) is 1. The predicted octanol–water partition coefficient (Wildman–Crippen LogP) is 4.47. The zero-order valence-corrected chi connectivity index (χ0v) is 12.8. The van der Waals surface area contributed by atoms with E-state index < -0.39 is 5.82 Å². The molecule has 100 valence electrons. The monoisotopic (exact) mass is 393 g/mol. The Labute approximate surface area is 128 Å². The summed E-state index contributed by atoms with van der Waals surface area (Å²) >= 11 is 7.93. The highest BCUT2D eigenvalue weighted by Gasteiger charge is 2.14. The second kappa shape index (κ2) is 6.15. The van der Waals surface area contributed by atoms with Crippen LogP contribution in [0.25, 0.3) is 0 Å². The zero-order chi connectivity index (χ0) is 14.0. The van der Waals surface area contributed by atoms with Gasteiger partial charge in [-0.1, -0.05) is 29.8 Å². The van der Waals surface area contributed by atoms with Gasteiger partial charge in [0.05, 0.1) is 5.02 Å². The summed E-state index contributed by atoms with van der Waals surface area (Å²) in [6, 6.07) is 8.72. The summed E-state index contributed by atoms with van der Waals surface area (Å²) in [5, 5.41) is 0.0927. The lowest BCUT2D eigenvalue weighted by molar-refractivity contribution is 0.619. The van der Waals surface area contributed by atoms with Gasteiger partial charge in [0, 0.05) is 9.61 Å². The summed E-state index contributed by atoms with van der Waals surface area (Å²) < 4.78 is 27.1. The summed E-state index contributed by atoms with van der Waals surface area (Å²) in [6.07, 6.45) is 0.401. The van der Waals surface area contributed by atoms with Crippen LogP contribution < -0.4 is 5.73 Å². The minimum atomic E-state index is -0.458. The van der Waals surface area contributed by atoms with Gasteiger partial charge in [0.1, 0.15) is 11.6 Å². The van der Waals surface area contributed by atoms with Gasteiger partial charge >= 0.3 is 0 Å². The molecule has 2 aromatic carbocycles. The van der Waals surface area contributed by atoms with Crippen molar-refractivity contribution in [3.8, 4) is 0 Å². The largest absolute Gasteiger partial charge is 0.324 e. The standard InChI is InChI=1S/C14H11ClF2IN/c15-14-8(2-1-3-11(14)17)6-13(19)10-5-4-9(16)7-12(10)18/h1-5,7,13H,6,19H2. The molecule has 0 aromatic heterocycles. The maximum Gasteiger partial charge on any atom is 0.142 e. The van der Waals surface area contributed by atoms with Crippen molar-refractivity contribution in [3.05, 3.63) is 67.8 Å². The van der Waals surface area contributed by atoms with Gasteiger partial charge in [-0.25, -0.2) is 8.78 Å². The van der Waals surface area contributed by atoms with Crippen molar-refractivity contribution in [2.24, 2.45) is 5.73 Å². The maximum absolute atomic E-state index is 13.3. The van der Waals surface area contributed by atoms with Crippen LogP contribution in [0.3, 0.4) is 0 Å². The molecule has 0 amide bonds. The lowest BCUT2D eigenvalue weighted by atomic mass is 9.99. The molecule has 0 fully saturated rings. The van der Waals surface area contributed by atoms with E-state index in [1.165, 1.54) is 18.2 Å². The van der Waals surface area contributed by atoms with E-state index in [1.807, 2.05) is 22.6 Å². The van der Waals surface area contributed by atoms with E-state index in [0.717, 1.165) is 9.13 Å². The Balaban J connectivity index is 2.25. The second-order valence-electron chi connectivity index (χ2n) is 4.19. The van der Waals surface area contributed by atoms with Gasteiger partial charge in [-0.2, -0.15) is 0 Å². The first-order valence-corrected chi connectivity index (χ1v) is 7.08. The van der Waals surface area contributed by atoms with E-state index in [-0.39, 0.29) is 16.9 Å². The van der Waals surface area contributed by atoms with Crippen LogP contribution in [0.1, 0.15) is 17.2 Å². The first-order chi connectivity index (χ1) is 8.99. The molecule has 0 spiro atoms. The number of halogens is 4. The van der Waals surface area contributed by atoms with Crippen LogP contribution in [0.4, 0.5) is 8.78 Å². The van der Waals surface area contributed by atoms with Crippen molar-refractivity contribution in [3.63, 3.8) is 0 Å². The highest BCUT2D eigenvalue weighted by Crippen LogP contribution is 2.26. The minimum Gasteiger partial charge on any atom is -0.324 e. The quantitative estimate of drug-likeness (QED) is 0.765. The first-order valence-electron chi connectivity index (χ1n) is 5.62. The van der Waals surface area contributed by atoms with E-state index in [4.69, 9.17) is 17.3 Å². The fourth-order valence-corrected chi connectivity index (χ4v) is 2.94. The van der Waals surface area contributed by atoms with Crippen molar-refractivity contribution in [1.82, 2.24) is 0 Å².